The zero-order valence-electron chi connectivity index (χ0n) is 6.51. The molecule has 1 fully saturated rings. The van der Waals surface area contributed by atoms with Gasteiger partial charge in [0.25, 0.3) is 5.56 Å². The molecule has 4 heteroatoms. The maximum absolute atomic E-state index is 11.1. The van der Waals surface area contributed by atoms with Crippen LogP contribution in [0.25, 0.3) is 0 Å². The van der Waals surface area contributed by atoms with Crippen molar-refractivity contribution in [2.45, 2.75) is 25.2 Å². The van der Waals surface area contributed by atoms with Crippen molar-refractivity contribution in [3.63, 3.8) is 0 Å². The van der Waals surface area contributed by atoms with E-state index in [4.69, 9.17) is 0 Å². The summed E-state index contributed by atoms with van der Waals surface area (Å²) in [6.07, 6.45) is 5.14. The first-order valence-electron chi connectivity index (χ1n) is 4.02. The molecule has 0 bridgehead atoms. The first-order valence-corrected chi connectivity index (χ1v) is 4.81. The molecule has 0 aromatic carbocycles. The van der Waals surface area contributed by atoms with Crippen molar-refractivity contribution in [1.82, 2.24) is 9.97 Å². The number of halogens is 1. The van der Waals surface area contributed by atoms with E-state index in [0.717, 1.165) is 18.7 Å². The molecule has 0 amide bonds. The highest BCUT2D eigenvalue weighted by molar-refractivity contribution is 9.10. The molecular weight excluding hydrogens is 220 g/mol. The van der Waals surface area contributed by atoms with Crippen molar-refractivity contribution >= 4 is 15.9 Å². The van der Waals surface area contributed by atoms with Crippen LogP contribution < -0.4 is 5.56 Å². The Kier molecular flexibility index (Phi) is 2.00. The first kappa shape index (κ1) is 7.98. The molecule has 0 atom stereocenters. The number of aromatic nitrogens is 2. The van der Waals surface area contributed by atoms with Gasteiger partial charge in [0.1, 0.15) is 10.3 Å². The van der Waals surface area contributed by atoms with E-state index in [1.165, 1.54) is 6.42 Å². The highest BCUT2D eigenvalue weighted by Gasteiger charge is 2.21. The SMILES string of the molecule is O=c1[nH]c(C2CCC2)ncc1Br. The molecule has 1 aromatic heterocycles. The Bertz CT molecular complexity index is 343. The zero-order valence-corrected chi connectivity index (χ0v) is 8.10. The molecular formula is C8H9BrN2O. The summed E-state index contributed by atoms with van der Waals surface area (Å²) in [6, 6.07) is 0. The van der Waals surface area contributed by atoms with Crippen LogP contribution in [-0.4, -0.2) is 9.97 Å². The molecule has 1 aromatic rings. The van der Waals surface area contributed by atoms with Crippen LogP contribution in [0, 0.1) is 0 Å². The molecule has 3 nitrogen and oxygen atoms in total. The molecule has 0 aliphatic heterocycles. The summed E-state index contributed by atoms with van der Waals surface area (Å²) in [7, 11) is 0. The Morgan fingerprint density at radius 1 is 1.58 bits per heavy atom. The van der Waals surface area contributed by atoms with Crippen LogP contribution in [0.4, 0.5) is 0 Å². The molecule has 1 N–H and O–H groups in total. The third-order valence-corrected chi connectivity index (χ3v) is 2.83. The zero-order chi connectivity index (χ0) is 8.55. The second-order valence-electron chi connectivity index (χ2n) is 3.07. The van der Waals surface area contributed by atoms with Gasteiger partial charge in [-0.25, -0.2) is 4.98 Å². The number of nitrogens with one attached hydrogen (secondary N) is 1. The van der Waals surface area contributed by atoms with Crippen LogP contribution >= 0.6 is 15.9 Å². The topological polar surface area (TPSA) is 45.8 Å². The smallest absolute Gasteiger partial charge is 0.265 e. The average molecular weight is 229 g/mol. The molecule has 0 radical (unpaired) electrons. The summed E-state index contributed by atoms with van der Waals surface area (Å²) in [5.74, 6) is 1.33. The second kappa shape index (κ2) is 3.01. The summed E-state index contributed by atoms with van der Waals surface area (Å²) >= 11 is 3.11. The predicted molar refractivity (Wildman–Crippen MR) is 49.1 cm³/mol. The van der Waals surface area contributed by atoms with Gasteiger partial charge in [-0.1, -0.05) is 6.42 Å². The van der Waals surface area contributed by atoms with Gasteiger partial charge < -0.3 is 4.98 Å². The van der Waals surface area contributed by atoms with Crippen LogP contribution in [0.2, 0.25) is 0 Å². The minimum Gasteiger partial charge on any atom is -0.309 e. The standard InChI is InChI=1S/C8H9BrN2O/c9-6-4-10-7(11-8(6)12)5-2-1-3-5/h4-5H,1-3H2,(H,10,11,12). The third kappa shape index (κ3) is 1.31. The van der Waals surface area contributed by atoms with Crippen LogP contribution in [-0.2, 0) is 0 Å². The summed E-state index contributed by atoms with van der Waals surface area (Å²) in [5.41, 5.74) is -0.0769. The van der Waals surface area contributed by atoms with Gasteiger partial charge in [-0.05, 0) is 28.8 Å². The van der Waals surface area contributed by atoms with Crippen molar-refractivity contribution in [3.05, 3.63) is 26.8 Å². The largest absolute Gasteiger partial charge is 0.309 e. The molecule has 2 rings (SSSR count). The van der Waals surface area contributed by atoms with E-state index < -0.39 is 0 Å². The van der Waals surface area contributed by atoms with Crippen molar-refractivity contribution in [1.29, 1.82) is 0 Å². The van der Waals surface area contributed by atoms with Gasteiger partial charge in [0.05, 0.1) is 0 Å². The number of H-pyrrole nitrogens is 1. The van der Waals surface area contributed by atoms with Gasteiger partial charge >= 0.3 is 0 Å². The van der Waals surface area contributed by atoms with Crippen LogP contribution in [0.3, 0.4) is 0 Å². The molecule has 0 spiro atoms. The summed E-state index contributed by atoms with van der Waals surface area (Å²) in [4.78, 5) is 18.1. The lowest BCUT2D eigenvalue weighted by molar-refractivity contribution is 0.400. The number of hydrogen-bond acceptors (Lipinski definition) is 2. The number of rotatable bonds is 1. The number of nitrogens with zero attached hydrogens (tertiary/aromatic N) is 1. The Hall–Kier alpha value is -0.640. The quantitative estimate of drug-likeness (QED) is 0.797. The second-order valence-corrected chi connectivity index (χ2v) is 3.93. The van der Waals surface area contributed by atoms with Gasteiger partial charge in [-0.2, -0.15) is 0 Å². The third-order valence-electron chi connectivity index (χ3n) is 2.27. The highest BCUT2D eigenvalue weighted by atomic mass is 79.9. The Labute approximate surface area is 78.4 Å². The lowest BCUT2D eigenvalue weighted by Crippen LogP contribution is -2.18. The minimum absolute atomic E-state index is 0.0769. The number of hydrogen-bond donors (Lipinski definition) is 1. The van der Waals surface area contributed by atoms with Crippen molar-refractivity contribution < 1.29 is 0 Å². The average Bonchev–Trinajstić information content (AvgIpc) is 1.93. The lowest BCUT2D eigenvalue weighted by Gasteiger charge is -2.23. The van der Waals surface area contributed by atoms with Crippen LogP contribution in [0.5, 0.6) is 0 Å². The van der Waals surface area contributed by atoms with E-state index in [-0.39, 0.29) is 5.56 Å². The van der Waals surface area contributed by atoms with E-state index in [1.807, 2.05) is 0 Å². The molecule has 1 aliphatic carbocycles. The van der Waals surface area contributed by atoms with Crippen LogP contribution in [0.15, 0.2) is 15.5 Å². The van der Waals surface area contributed by atoms with E-state index >= 15 is 0 Å². The first-order chi connectivity index (χ1) is 5.77. The monoisotopic (exact) mass is 228 g/mol. The molecule has 0 unspecified atom stereocenters. The van der Waals surface area contributed by atoms with E-state index in [9.17, 15) is 4.79 Å². The highest BCUT2D eigenvalue weighted by Crippen LogP contribution is 2.33. The van der Waals surface area contributed by atoms with Crippen LogP contribution in [0.1, 0.15) is 31.0 Å². The fraction of sp³-hybridized carbons (Fsp3) is 0.500. The normalized spacial score (nSPS) is 17.4. The summed E-state index contributed by atoms with van der Waals surface area (Å²) in [6.45, 7) is 0. The Morgan fingerprint density at radius 2 is 2.33 bits per heavy atom. The lowest BCUT2D eigenvalue weighted by atomic mass is 9.85. The van der Waals surface area contributed by atoms with Gasteiger partial charge in [0.2, 0.25) is 0 Å². The van der Waals surface area contributed by atoms with Gasteiger partial charge in [-0.15, -0.1) is 0 Å². The van der Waals surface area contributed by atoms with Crippen molar-refractivity contribution in [2.75, 3.05) is 0 Å². The Balaban J connectivity index is 2.33. The molecule has 1 heterocycles. The van der Waals surface area contributed by atoms with E-state index in [1.54, 1.807) is 6.20 Å². The molecule has 12 heavy (non-hydrogen) atoms. The predicted octanol–water partition coefficient (Wildman–Crippen LogP) is 1.80. The molecule has 64 valence electrons. The van der Waals surface area contributed by atoms with E-state index in [0.29, 0.717) is 10.4 Å². The minimum atomic E-state index is -0.0769. The van der Waals surface area contributed by atoms with E-state index in [2.05, 4.69) is 25.9 Å². The van der Waals surface area contributed by atoms with Gasteiger partial charge in [0, 0.05) is 12.1 Å². The molecule has 1 saturated carbocycles. The maximum atomic E-state index is 11.1. The Morgan fingerprint density at radius 3 is 2.83 bits per heavy atom. The summed E-state index contributed by atoms with van der Waals surface area (Å²) < 4.78 is 0.505. The maximum Gasteiger partial charge on any atom is 0.265 e. The van der Waals surface area contributed by atoms with Gasteiger partial charge in [-0.3, -0.25) is 4.79 Å². The number of aromatic amines is 1. The van der Waals surface area contributed by atoms with Gasteiger partial charge in [0.15, 0.2) is 0 Å². The van der Waals surface area contributed by atoms with Crippen molar-refractivity contribution in [3.8, 4) is 0 Å². The summed E-state index contributed by atoms with van der Waals surface area (Å²) in [5, 5.41) is 0. The molecule has 0 saturated heterocycles. The molecule has 1 aliphatic rings. The van der Waals surface area contributed by atoms with Crippen molar-refractivity contribution in [2.24, 2.45) is 0 Å². The fourth-order valence-electron chi connectivity index (χ4n) is 1.28. The fourth-order valence-corrected chi connectivity index (χ4v) is 1.48.